The first-order chi connectivity index (χ1) is 15.0. The molecule has 31 heavy (non-hydrogen) atoms. The molecule has 1 aliphatic heterocycles. The van der Waals surface area contributed by atoms with Crippen LogP contribution in [0.5, 0.6) is 11.5 Å². The SMILES string of the molecule is CCCCCOC(=O)C1C(C)=NC2=C(C(=O)CCC2)[C@H]1c1ccc(OCC)c(OC)c1. The minimum Gasteiger partial charge on any atom is -0.493 e. The Labute approximate surface area is 184 Å². The normalized spacial score (nSPS) is 20.8. The fourth-order valence-electron chi connectivity index (χ4n) is 4.44. The molecule has 0 spiro atoms. The highest BCUT2D eigenvalue weighted by Crippen LogP contribution is 2.45. The van der Waals surface area contributed by atoms with E-state index in [1.165, 1.54) is 0 Å². The van der Waals surface area contributed by atoms with Gasteiger partial charge in [-0.3, -0.25) is 14.6 Å². The van der Waals surface area contributed by atoms with Gasteiger partial charge in [0.25, 0.3) is 0 Å². The van der Waals surface area contributed by atoms with Gasteiger partial charge in [-0.1, -0.05) is 25.8 Å². The number of hydrogen-bond donors (Lipinski definition) is 0. The van der Waals surface area contributed by atoms with Crippen molar-refractivity contribution < 1.29 is 23.8 Å². The van der Waals surface area contributed by atoms with Gasteiger partial charge in [-0.05, 0) is 50.8 Å². The number of hydrogen-bond acceptors (Lipinski definition) is 6. The first-order valence-electron chi connectivity index (χ1n) is 11.3. The molecule has 1 unspecified atom stereocenters. The number of rotatable bonds is 9. The summed E-state index contributed by atoms with van der Waals surface area (Å²) in [6.45, 7) is 6.79. The van der Waals surface area contributed by atoms with Crippen molar-refractivity contribution in [1.82, 2.24) is 0 Å². The Morgan fingerprint density at radius 3 is 2.68 bits per heavy atom. The molecule has 1 aromatic rings. The van der Waals surface area contributed by atoms with Gasteiger partial charge in [-0.15, -0.1) is 0 Å². The highest BCUT2D eigenvalue weighted by molar-refractivity contribution is 6.08. The van der Waals surface area contributed by atoms with Gasteiger partial charge in [-0.2, -0.15) is 0 Å². The predicted molar refractivity (Wildman–Crippen MR) is 120 cm³/mol. The number of methoxy groups -OCH3 is 1. The first kappa shape index (κ1) is 23.0. The molecule has 6 nitrogen and oxygen atoms in total. The van der Waals surface area contributed by atoms with Gasteiger partial charge >= 0.3 is 5.97 Å². The van der Waals surface area contributed by atoms with Gasteiger partial charge < -0.3 is 14.2 Å². The van der Waals surface area contributed by atoms with E-state index in [1.54, 1.807) is 7.11 Å². The third-order valence-corrected chi connectivity index (χ3v) is 5.93. The van der Waals surface area contributed by atoms with E-state index in [2.05, 4.69) is 11.9 Å². The van der Waals surface area contributed by atoms with Gasteiger partial charge in [0.15, 0.2) is 17.3 Å². The fourth-order valence-corrected chi connectivity index (χ4v) is 4.44. The lowest BCUT2D eigenvalue weighted by atomic mass is 9.71. The topological polar surface area (TPSA) is 74.2 Å². The standard InChI is InChI=1S/C25H33NO5/c1-5-7-8-14-31-25(28)22-16(3)26-18-10-9-11-19(27)24(18)23(22)17-12-13-20(30-6-2)21(15-17)29-4/h12-13,15,22-23H,5-11,14H2,1-4H3/t22?,23-/m0/s1. The van der Waals surface area contributed by atoms with Crippen LogP contribution in [0.3, 0.4) is 0 Å². The summed E-state index contributed by atoms with van der Waals surface area (Å²) in [6.07, 6.45) is 4.93. The van der Waals surface area contributed by atoms with Gasteiger partial charge in [-0.25, -0.2) is 0 Å². The van der Waals surface area contributed by atoms with Crippen molar-refractivity contribution in [1.29, 1.82) is 0 Å². The van der Waals surface area contributed by atoms with Gasteiger partial charge in [0.05, 0.1) is 20.3 Å². The first-order valence-corrected chi connectivity index (χ1v) is 11.3. The number of aliphatic imine (C=N–C) groups is 1. The summed E-state index contributed by atoms with van der Waals surface area (Å²) in [4.78, 5) is 30.8. The van der Waals surface area contributed by atoms with Crippen LogP contribution in [0.15, 0.2) is 34.5 Å². The van der Waals surface area contributed by atoms with Crippen LogP contribution in [0.1, 0.15) is 70.8 Å². The second-order valence-electron chi connectivity index (χ2n) is 8.06. The molecule has 6 heteroatoms. The number of carbonyl (C=O) groups is 2. The van der Waals surface area contributed by atoms with E-state index in [4.69, 9.17) is 14.2 Å². The van der Waals surface area contributed by atoms with Crippen molar-refractivity contribution in [2.24, 2.45) is 10.9 Å². The average Bonchev–Trinajstić information content (AvgIpc) is 2.76. The lowest BCUT2D eigenvalue weighted by molar-refractivity contribution is -0.146. The molecule has 0 aromatic heterocycles. The number of allylic oxidation sites excluding steroid dienone is 2. The summed E-state index contributed by atoms with van der Waals surface area (Å²) in [6, 6.07) is 5.63. The quantitative estimate of drug-likeness (QED) is 0.409. The van der Waals surface area contributed by atoms with E-state index in [9.17, 15) is 9.59 Å². The maximum atomic E-state index is 13.2. The van der Waals surface area contributed by atoms with Crippen molar-refractivity contribution in [3.63, 3.8) is 0 Å². The molecular formula is C25H33NO5. The van der Waals surface area contributed by atoms with Crippen LogP contribution in [-0.4, -0.2) is 37.8 Å². The summed E-state index contributed by atoms with van der Waals surface area (Å²) in [5, 5.41) is 0. The number of benzene rings is 1. The van der Waals surface area contributed by atoms with Crippen LogP contribution in [-0.2, 0) is 14.3 Å². The van der Waals surface area contributed by atoms with Crippen LogP contribution in [0.25, 0.3) is 0 Å². The van der Waals surface area contributed by atoms with Gasteiger partial charge in [0, 0.05) is 29.3 Å². The van der Waals surface area contributed by atoms with Crippen LogP contribution in [0, 0.1) is 5.92 Å². The molecule has 1 aliphatic carbocycles. The maximum Gasteiger partial charge on any atom is 0.315 e. The van der Waals surface area contributed by atoms with E-state index >= 15 is 0 Å². The second kappa shape index (κ2) is 10.6. The molecular weight excluding hydrogens is 394 g/mol. The van der Waals surface area contributed by atoms with E-state index in [0.717, 1.165) is 43.4 Å². The number of ketones is 1. The molecule has 2 aliphatic rings. The maximum absolute atomic E-state index is 13.2. The molecule has 1 aromatic carbocycles. The van der Waals surface area contributed by atoms with E-state index in [-0.39, 0.29) is 11.8 Å². The molecule has 0 N–H and O–H groups in total. The van der Waals surface area contributed by atoms with Crippen LogP contribution in [0.4, 0.5) is 0 Å². The minimum absolute atomic E-state index is 0.0686. The molecule has 1 heterocycles. The highest BCUT2D eigenvalue weighted by atomic mass is 16.5. The van der Waals surface area contributed by atoms with E-state index in [1.807, 2.05) is 32.0 Å². The molecule has 0 bridgehead atoms. The van der Waals surface area contributed by atoms with Crippen molar-refractivity contribution in [2.45, 2.75) is 65.2 Å². The van der Waals surface area contributed by atoms with Crippen LogP contribution < -0.4 is 9.47 Å². The molecule has 2 atom stereocenters. The van der Waals surface area contributed by atoms with E-state index < -0.39 is 11.8 Å². The number of carbonyl (C=O) groups excluding carboxylic acids is 2. The molecule has 0 amide bonds. The Morgan fingerprint density at radius 2 is 1.97 bits per heavy atom. The molecule has 0 saturated heterocycles. The Bertz CT molecular complexity index is 886. The van der Waals surface area contributed by atoms with Gasteiger partial charge in [0.2, 0.25) is 0 Å². The summed E-state index contributed by atoms with van der Waals surface area (Å²) in [5.74, 6) is -0.0781. The summed E-state index contributed by atoms with van der Waals surface area (Å²) in [5.41, 5.74) is 3.00. The van der Waals surface area contributed by atoms with Crippen molar-refractivity contribution in [2.75, 3.05) is 20.3 Å². The molecule has 3 rings (SSSR count). The zero-order valence-corrected chi connectivity index (χ0v) is 19.0. The summed E-state index contributed by atoms with van der Waals surface area (Å²) >= 11 is 0. The smallest absolute Gasteiger partial charge is 0.315 e. The Balaban J connectivity index is 2.02. The number of nitrogens with zero attached hydrogens (tertiary/aromatic N) is 1. The zero-order valence-electron chi connectivity index (χ0n) is 19.0. The highest BCUT2D eigenvalue weighted by Gasteiger charge is 2.43. The zero-order chi connectivity index (χ0) is 22.4. The Morgan fingerprint density at radius 1 is 1.16 bits per heavy atom. The minimum atomic E-state index is -0.620. The predicted octanol–water partition coefficient (Wildman–Crippen LogP) is 5.01. The second-order valence-corrected chi connectivity index (χ2v) is 8.06. The fraction of sp³-hybridized carbons (Fsp3) is 0.560. The summed E-state index contributed by atoms with van der Waals surface area (Å²) < 4.78 is 16.8. The lowest BCUT2D eigenvalue weighted by Gasteiger charge is -2.34. The monoisotopic (exact) mass is 427 g/mol. The van der Waals surface area contributed by atoms with E-state index in [0.29, 0.717) is 42.4 Å². The molecule has 0 fully saturated rings. The molecule has 0 radical (unpaired) electrons. The molecule has 0 saturated carbocycles. The number of unbranched alkanes of at least 4 members (excludes halogenated alkanes) is 2. The average molecular weight is 428 g/mol. The third kappa shape index (κ3) is 5.00. The number of ether oxygens (including phenoxy) is 3. The largest absolute Gasteiger partial charge is 0.493 e. The number of Topliss-reactive ketones (excluding diaryl/α,β-unsaturated/α-hetero) is 1. The third-order valence-electron chi connectivity index (χ3n) is 5.93. The summed E-state index contributed by atoms with van der Waals surface area (Å²) in [7, 11) is 1.59. The van der Waals surface area contributed by atoms with Crippen molar-refractivity contribution in [3.8, 4) is 11.5 Å². The lowest BCUT2D eigenvalue weighted by Crippen LogP contribution is -2.37. The number of esters is 1. The van der Waals surface area contributed by atoms with Crippen LogP contribution in [0.2, 0.25) is 0 Å². The Hall–Kier alpha value is -2.63. The van der Waals surface area contributed by atoms with Gasteiger partial charge in [0.1, 0.15) is 5.92 Å². The van der Waals surface area contributed by atoms with Crippen molar-refractivity contribution in [3.05, 3.63) is 35.0 Å². The van der Waals surface area contributed by atoms with Crippen molar-refractivity contribution >= 4 is 17.5 Å². The Kier molecular flexibility index (Phi) is 7.88. The van der Waals surface area contributed by atoms with Crippen LogP contribution >= 0.6 is 0 Å². The molecule has 168 valence electrons.